The fraction of sp³-hybridized carbons (Fsp3) is 0.615. The van der Waals surface area contributed by atoms with Crippen molar-refractivity contribution in [3.8, 4) is 0 Å². The highest BCUT2D eigenvalue weighted by Gasteiger charge is 2.14. The molecule has 7 heteroatoms. The number of nitrogens with one attached hydrogen (secondary N) is 2. The van der Waals surface area contributed by atoms with Gasteiger partial charge in [0.15, 0.2) is 5.03 Å². The summed E-state index contributed by atoms with van der Waals surface area (Å²) in [6, 6.07) is 3.25. The summed E-state index contributed by atoms with van der Waals surface area (Å²) in [6.45, 7) is 5.97. The molecule has 114 valence electrons. The number of hydrogen-bond acceptors (Lipinski definition) is 5. The van der Waals surface area contributed by atoms with E-state index >= 15 is 0 Å². The van der Waals surface area contributed by atoms with Gasteiger partial charge in [-0.2, -0.15) is 0 Å². The molecule has 0 fully saturated rings. The molecule has 0 radical (unpaired) electrons. The smallest absolute Gasteiger partial charge is 0.258 e. The van der Waals surface area contributed by atoms with Gasteiger partial charge in [-0.15, -0.1) is 0 Å². The Kier molecular flexibility index (Phi) is 7.08. The molecule has 0 spiro atoms. The predicted molar refractivity (Wildman–Crippen MR) is 77.8 cm³/mol. The molecule has 0 aromatic carbocycles. The zero-order chi connectivity index (χ0) is 15.0. The monoisotopic (exact) mass is 301 g/mol. The first-order chi connectivity index (χ1) is 9.45. The van der Waals surface area contributed by atoms with Crippen molar-refractivity contribution in [2.24, 2.45) is 5.92 Å². The van der Waals surface area contributed by atoms with Gasteiger partial charge in [-0.25, -0.2) is 18.1 Å². The van der Waals surface area contributed by atoms with Crippen molar-refractivity contribution in [1.29, 1.82) is 0 Å². The molecule has 0 saturated heterocycles. The fourth-order valence-corrected chi connectivity index (χ4v) is 2.46. The van der Waals surface area contributed by atoms with Crippen LogP contribution in [0.25, 0.3) is 0 Å². The van der Waals surface area contributed by atoms with Crippen LogP contribution in [0.3, 0.4) is 0 Å². The van der Waals surface area contributed by atoms with Crippen molar-refractivity contribution in [3.63, 3.8) is 0 Å². The first-order valence-corrected chi connectivity index (χ1v) is 8.11. The Bertz CT molecular complexity index is 486. The Morgan fingerprint density at radius 1 is 1.35 bits per heavy atom. The molecule has 1 rings (SSSR count). The second kappa shape index (κ2) is 8.31. The van der Waals surface area contributed by atoms with Gasteiger partial charge in [-0.1, -0.05) is 19.9 Å². The average Bonchev–Trinajstić information content (AvgIpc) is 2.39. The van der Waals surface area contributed by atoms with E-state index in [1.807, 2.05) is 20.9 Å². The highest BCUT2D eigenvalue weighted by molar-refractivity contribution is 7.89. The SMILES string of the molecule is CNCc1ccc(S(=O)(=O)NCCOCC(C)C)nc1. The first-order valence-electron chi connectivity index (χ1n) is 6.62. The number of rotatable bonds is 9. The molecule has 1 heterocycles. The number of pyridine rings is 1. The van der Waals surface area contributed by atoms with Crippen LogP contribution in [-0.2, 0) is 21.3 Å². The summed E-state index contributed by atoms with van der Waals surface area (Å²) < 4.78 is 31.7. The Morgan fingerprint density at radius 2 is 2.10 bits per heavy atom. The molecule has 1 aromatic heterocycles. The third-order valence-electron chi connectivity index (χ3n) is 2.44. The van der Waals surface area contributed by atoms with Crippen molar-refractivity contribution in [2.45, 2.75) is 25.4 Å². The van der Waals surface area contributed by atoms with E-state index in [1.165, 1.54) is 6.07 Å². The molecule has 0 amide bonds. The number of aromatic nitrogens is 1. The number of nitrogens with zero attached hydrogens (tertiary/aromatic N) is 1. The summed E-state index contributed by atoms with van der Waals surface area (Å²) in [7, 11) is -1.73. The van der Waals surface area contributed by atoms with Gasteiger partial charge in [0.2, 0.25) is 0 Å². The predicted octanol–water partition coefficient (Wildman–Crippen LogP) is 0.752. The molecule has 0 atom stereocenters. The molecule has 0 bridgehead atoms. The second-order valence-electron chi connectivity index (χ2n) is 4.90. The van der Waals surface area contributed by atoms with Crippen molar-refractivity contribution < 1.29 is 13.2 Å². The summed E-state index contributed by atoms with van der Waals surface area (Å²) in [5, 5.41) is 3.01. The zero-order valence-corrected chi connectivity index (χ0v) is 13.0. The Balaban J connectivity index is 2.47. The van der Waals surface area contributed by atoms with E-state index in [0.29, 0.717) is 25.7 Å². The molecular formula is C13H23N3O3S. The lowest BCUT2D eigenvalue weighted by Crippen LogP contribution is -2.28. The first kappa shape index (κ1) is 17.0. The zero-order valence-electron chi connectivity index (χ0n) is 12.2. The molecule has 2 N–H and O–H groups in total. The number of ether oxygens (including phenoxy) is 1. The highest BCUT2D eigenvalue weighted by Crippen LogP contribution is 2.06. The summed E-state index contributed by atoms with van der Waals surface area (Å²) in [4.78, 5) is 3.96. The van der Waals surface area contributed by atoms with Crippen LogP contribution in [-0.4, -0.2) is 40.2 Å². The van der Waals surface area contributed by atoms with Crippen LogP contribution in [0, 0.1) is 5.92 Å². The third-order valence-corrected chi connectivity index (χ3v) is 3.82. The van der Waals surface area contributed by atoms with Gasteiger partial charge in [-0.05, 0) is 24.6 Å². The maximum Gasteiger partial charge on any atom is 0.258 e. The summed E-state index contributed by atoms with van der Waals surface area (Å²) in [6.07, 6.45) is 1.56. The summed E-state index contributed by atoms with van der Waals surface area (Å²) in [5.41, 5.74) is 0.937. The number of sulfonamides is 1. The normalized spacial score (nSPS) is 12.0. The van der Waals surface area contributed by atoms with Crippen LogP contribution in [0.1, 0.15) is 19.4 Å². The van der Waals surface area contributed by atoms with Gasteiger partial charge < -0.3 is 10.1 Å². The minimum absolute atomic E-state index is 0.0289. The van der Waals surface area contributed by atoms with Crippen LogP contribution in [0.5, 0.6) is 0 Å². The van der Waals surface area contributed by atoms with E-state index < -0.39 is 10.0 Å². The lowest BCUT2D eigenvalue weighted by Gasteiger charge is -2.08. The molecule has 0 aliphatic rings. The molecule has 0 aliphatic carbocycles. The Hall–Kier alpha value is -1.02. The standard InChI is InChI=1S/C13H23N3O3S/c1-11(2)10-19-7-6-16-20(17,18)13-5-4-12(8-14-3)9-15-13/h4-5,9,11,14,16H,6-8,10H2,1-3H3. The van der Waals surface area contributed by atoms with Crippen LogP contribution >= 0.6 is 0 Å². The van der Waals surface area contributed by atoms with Crippen molar-refractivity contribution in [3.05, 3.63) is 23.9 Å². The van der Waals surface area contributed by atoms with Gasteiger partial charge in [0.05, 0.1) is 6.61 Å². The maximum atomic E-state index is 12.0. The second-order valence-corrected chi connectivity index (χ2v) is 6.62. The van der Waals surface area contributed by atoms with Gasteiger partial charge in [0, 0.05) is 25.9 Å². The van der Waals surface area contributed by atoms with E-state index in [2.05, 4.69) is 15.0 Å². The summed E-state index contributed by atoms with van der Waals surface area (Å²) >= 11 is 0. The lowest BCUT2D eigenvalue weighted by molar-refractivity contribution is 0.114. The van der Waals surface area contributed by atoms with Crippen LogP contribution < -0.4 is 10.0 Å². The molecular weight excluding hydrogens is 278 g/mol. The topological polar surface area (TPSA) is 80.3 Å². The molecule has 0 saturated carbocycles. The third kappa shape index (κ3) is 5.96. The van der Waals surface area contributed by atoms with Crippen molar-refractivity contribution in [1.82, 2.24) is 15.0 Å². The van der Waals surface area contributed by atoms with Crippen molar-refractivity contribution in [2.75, 3.05) is 26.8 Å². The average molecular weight is 301 g/mol. The largest absolute Gasteiger partial charge is 0.380 e. The molecule has 6 nitrogen and oxygen atoms in total. The number of hydrogen-bond donors (Lipinski definition) is 2. The Labute approximate surface area is 121 Å². The minimum Gasteiger partial charge on any atom is -0.380 e. The molecule has 0 aliphatic heterocycles. The van der Waals surface area contributed by atoms with E-state index in [4.69, 9.17) is 4.74 Å². The van der Waals surface area contributed by atoms with E-state index in [-0.39, 0.29) is 11.6 Å². The van der Waals surface area contributed by atoms with Crippen molar-refractivity contribution >= 4 is 10.0 Å². The van der Waals surface area contributed by atoms with E-state index in [1.54, 1.807) is 12.3 Å². The van der Waals surface area contributed by atoms with Gasteiger partial charge >= 0.3 is 0 Å². The lowest BCUT2D eigenvalue weighted by atomic mass is 10.2. The van der Waals surface area contributed by atoms with E-state index in [0.717, 1.165) is 5.56 Å². The van der Waals surface area contributed by atoms with Gasteiger partial charge in [0.25, 0.3) is 10.0 Å². The quantitative estimate of drug-likeness (QED) is 0.658. The van der Waals surface area contributed by atoms with Gasteiger partial charge in [0.1, 0.15) is 0 Å². The maximum absolute atomic E-state index is 12.0. The van der Waals surface area contributed by atoms with Crippen LogP contribution in [0.4, 0.5) is 0 Å². The summed E-state index contributed by atoms with van der Waals surface area (Å²) in [5.74, 6) is 0.438. The molecule has 20 heavy (non-hydrogen) atoms. The van der Waals surface area contributed by atoms with E-state index in [9.17, 15) is 8.42 Å². The fourth-order valence-electron chi connectivity index (χ4n) is 1.52. The highest BCUT2D eigenvalue weighted by atomic mass is 32.2. The van der Waals surface area contributed by atoms with Crippen LogP contribution in [0.15, 0.2) is 23.4 Å². The Morgan fingerprint density at radius 3 is 2.65 bits per heavy atom. The molecule has 0 unspecified atom stereocenters. The van der Waals surface area contributed by atoms with Gasteiger partial charge in [-0.3, -0.25) is 0 Å². The molecule has 1 aromatic rings. The minimum atomic E-state index is -3.55. The van der Waals surface area contributed by atoms with Crippen LogP contribution in [0.2, 0.25) is 0 Å².